The quantitative estimate of drug-likeness (QED) is 0.0222. The Morgan fingerprint density at radius 1 is 0.277 bits per heavy atom. The van der Waals surface area contributed by atoms with E-state index in [0.29, 0.717) is 25.7 Å². The summed E-state index contributed by atoms with van der Waals surface area (Å²) in [4.78, 5) is 73.0. The highest BCUT2D eigenvalue weighted by Crippen LogP contribution is 2.45. The third kappa shape index (κ3) is 74.7. The summed E-state index contributed by atoms with van der Waals surface area (Å²) >= 11 is 0. The fourth-order valence-corrected chi connectivity index (χ4v) is 14.3. The van der Waals surface area contributed by atoms with Crippen molar-refractivity contribution >= 4 is 39.5 Å². The summed E-state index contributed by atoms with van der Waals surface area (Å²) in [6, 6.07) is 0. The molecular weight excluding hydrogens is 1320 g/mol. The van der Waals surface area contributed by atoms with Crippen LogP contribution in [0.2, 0.25) is 0 Å². The van der Waals surface area contributed by atoms with Gasteiger partial charge < -0.3 is 33.8 Å². The topological polar surface area (TPSA) is 237 Å². The zero-order chi connectivity index (χ0) is 74.1. The molecular formula is C82H160O17P2. The van der Waals surface area contributed by atoms with Gasteiger partial charge in [0.05, 0.1) is 26.4 Å². The second kappa shape index (κ2) is 74.9. The minimum Gasteiger partial charge on any atom is -0.462 e. The van der Waals surface area contributed by atoms with Crippen molar-refractivity contribution in [2.75, 3.05) is 39.6 Å². The number of aliphatic hydroxyl groups excluding tert-OH is 1. The lowest BCUT2D eigenvalue weighted by atomic mass is 10.00. The molecule has 3 unspecified atom stereocenters. The highest BCUT2D eigenvalue weighted by molar-refractivity contribution is 7.47. The van der Waals surface area contributed by atoms with E-state index in [-0.39, 0.29) is 25.7 Å². The molecule has 19 heteroatoms. The third-order valence-electron chi connectivity index (χ3n) is 19.6. The number of esters is 4. The van der Waals surface area contributed by atoms with Crippen molar-refractivity contribution in [1.82, 2.24) is 0 Å². The van der Waals surface area contributed by atoms with Crippen molar-refractivity contribution in [1.29, 1.82) is 0 Å². The van der Waals surface area contributed by atoms with Crippen LogP contribution in [0.15, 0.2) is 0 Å². The number of aliphatic hydroxyl groups is 1. The van der Waals surface area contributed by atoms with Gasteiger partial charge in [0.15, 0.2) is 12.2 Å². The second-order valence-corrected chi connectivity index (χ2v) is 32.7. The maximum absolute atomic E-state index is 13.1. The van der Waals surface area contributed by atoms with E-state index in [1.54, 1.807) is 0 Å². The van der Waals surface area contributed by atoms with Crippen LogP contribution in [0.1, 0.15) is 439 Å². The number of phosphoric acid groups is 2. The van der Waals surface area contributed by atoms with E-state index in [2.05, 4.69) is 34.6 Å². The molecule has 0 aromatic heterocycles. The Kier molecular flexibility index (Phi) is 73.5. The zero-order valence-corrected chi connectivity index (χ0v) is 67.8. The van der Waals surface area contributed by atoms with Crippen LogP contribution in [0.4, 0.5) is 0 Å². The number of carbonyl (C=O) groups is 4. The number of hydrogen-bond donors (Lipinski definition) is 3. The SMILES string of the molecule is CCCCCCCCCCCCCCCCCCCCCCCCC(=O)O[C@H](COC(=O)CCCCCCCCCCCCCCCCCC)COP(=O)(O)OC[C@@H](O)COP(=O)(O)OC[C@@H](COC(=O)CCCCCCCCC(C)CC)OC(=O)CCCCCCCCCCCCCCC. The maximum Gasteiger partial charge on any atom is 0.472 e. The van der Waals surface area contributed by atoms with Crippen molar-refractivity contribution in [2.45, 2.75) is 457 Å². The summed E-state index contributed by atoms with van der Waals surface area (Å²) in [5.74, 6) is -1.38. The van der Waals surface area contributed by atoms with Crippen LogP contribution >= 0.6 is 15.6 Å². The van der Waals surface area contributed by atoms with Crippen molar-refractivity contribution in [3.05, 3.63) is 0 Å². The number of rotatable bonds is 82. The standard InChI is InChI=1S/C82H160O17P2/c1-6-10-13-16-19-22-25-28-30-32-33-34-35-36-37-39-42-45-48-51-58-63-68-81(86)98-77(71-92-79(84)65-60-55-49-46-43-41-38-31-29-26-23-20-17-14-11-7-2)73-96-100(88,89)94-69-76(83)70-95-101(90,91)97-74-78(72-93-80(85)66-61-56-53-52-54-59-64-75(5)9-4)99-82(87)67-62-57-50-47-44-40-27-24-21-18-15-12-8-3/h75-78,83H,6-74H2,1-5H3,(H,88,89)(H,90,91)/t75?,76-,77-,78-/m1/s1. The molecule has 6 atom stereocenters. The van der Waals surface area contributed by atoms with Crippen molar-refractivity contribution in [3.8, 4) is 0 Å². The molecule has 0 amide bonds. The molecule has 0 rings (SSSR count). The summed E-state index contributed by atoms with van der Waals surface area (Å²) < 4.78 is 68.7. The van der Waals surface area contributed by atoms with Gasteiger partial charge in [-0.05, 0) is 31.6 Å². The van der Waals surface area contributed by atoms with E-state index < -0.39 is 97.5 Å². The Balaban J connectivity index is 5.21. The number of hydrogen-bond acceptors (Lipinski definition) is 15. The van der Waals surface area contributed by atoms with Gasteiger partial charge >= 0.3 is 39.5 Å². The maximum atomic E-state index is 13.1. The first-order chi connectivity index (χ1) is 49.1. The minimum absolute atomic E-state index is 0.107. The van der Waals surface area contributed by atoms with Gasteiger partial charge in [-0.25, -0.2) is 9.13 Å². The van der Waals surface area contributed by atoms with Crippen LogP contribution < -0.4 is 0 Å². The fourth-order valence-electron chi connectivity index (χ4n) is 12.7. The lowest BCUT2D eigenvalue weighted by molar-refractivity contribution is -0.161. The summed E-state index contributed by atoms with van der Waals surface area (Å²) in [5, 5.41) is 10.6. The fraction of sp³-hybridized carbons (Fsp3) is 0.951. The molecule has 0 saturated carbocycles. The van der Waals surface area contributed by atoms with Crippen LogP contribution in [0.3, 0.4) is 0 Å². The van der Waals surface area contributed by atoms with Gasteiger partial charge in [0.1, 0.15) is 19.3 Å². The van der Waals surface area contributed by atoms with Crippen molar-refractivity contribution < 1.29 is 80.2 Å². The first-order valence-corrected chi connectivity index (χ1v) is 45.7. The van der Waals surface area contributed by atoms with Gasteiger partial charge in [-0.15, -0.1) is 0 Å². The average molecular weight is 1480 g/mol. The molecule has 0 radical (unpaired) electrons. The Morgan fingerprint density at radius 3 is 0.703 bits per heavy atom. The zero-order valence-electron chi connectivity index (χ0n) is 66.1. The van der Waals surface area contributed by atoms with Crippen molar-refractivity contribution in [2.24, 2.45) is 5.92 Å². The van der Waals surface area contributed by atoms with Crippen LogP contribution in [-0.2, 0) is 65.4 Å². The highest BCUT2D eigenvalue weighted by Gasteiger charge is 2.30. The summed E-state index contributed by atoms with van der Waals surface area (Å²) in [7, 11) is -9.92. The lowest BCUT2D eigenvalue weighted by Gasteiger charge is -2.21. The molecule has 0 bridgehead atoms. The monoisotopic (exact) mass is 1480 g/mol. The minimum atomic E-state index is -4.96. The van der Waals surface area contributed by atoms with Crippen molar-refractivity contribution in [3.63, 3.8) is 0 Å². The van der Waals surface area contributed by atoms with E-state index >= 15 is 0 Å². The molecule has 17 nitrogen and oxygen atoms in total. The van der Waals surface area contributed by atoms with Gasteiger partial charge in [-0.3, -0.25) is 37.3 Å². The number of ether oxygens (including phenoxy) is 4. The number of unbranched alkanes of at least 4 members (excludes halogenated alkanes) is 53. The molecule has 101 heavy (non-hydrogen) atoms. The number of carbonyl (C=O) groups excluding carboxylic acids is 4. The van der Waals surface area contributed by atoms with Gasteiger partial charge in [0, 0.05) is 25.7 Å². The molecule has 0 fully saturated rings. The molecule has 0 spiro atoms. The average Bonchev–Trinajstić information content (AvgIpc) is 0.963. The predicted molar refractivity (Wildman–Crippen MR) is 414 cm³/mol. The molecule has 0 saturated heterocycles. The third-order valence-corrected chi connectivity index (χ3v) is 21.5. The van der Waals surface area contributed by atoms with Gasteiger partial charge in [0.25, 0.3) is 0 Å². The van der Waals surface area contributed by atoms with Crippen LogP contribution in [0.5, 0.6) is 0 Å². The Morgan fingerprint density at radius 2 is 0.475 bits per heavy atom. The Labute approximate surface area is 619 Å². The van der Waals surface area contributed by atoms with Gasteiger partial charge in [0.2, 0.25) is 0 Å². The largest absolute Gasteiger partial charge is 0.472 e. The Hall–Kier alpha value is -1.94. The molecule has 0 heterocycles. The molecule has 0 aliphatic heterocycles. The Bertz CT molecular complexity index is 1930. The predicted octanol–water partition coefficient (Wildman–Crippen LogP) is 24.8. The van der Waals surface area contributed by atoms with E-state index in [1.165, 1.54) is 257 Å². The van der Waals surface area contributed by atoms with E-state index in [9.17, 15) is 43.2 Å². The van der Waals surface area contributed by atoms with Crippen LogP contribution in [-0.4, -0.2) is 96.7 Å². The molecule has 0 aromatic rings. The second-order valence-electron chi connectivity index (χ2n) is 29.8. The molecule has 3 N–H and O–H groups in total. The molecule has 0 aliphatic rings. The van der Waals surface area contributed by atoms with E-state index in [0.717, 1.165) is 102 Å². The summed E-state index contributed by atoms with van der Waals surface area (Å²) in [6.45, 7) is 7.29. The van der Waals surface area contributed by atoms with Crippen LogP contribution in [0.25, 0.3) is 0 Å². The van der Waals surface area contributed by atoms with E-state index in [1.807, 2.05) is 0 Å². The summed E-state index contributed by atoms with van der Waals surface area (Å²) in [5.41, 5.74) is 0. The van der Waals surface area contributed by atoms with E-state index in [4.69, 9.17) is 37.0 Å². The van der Waals surface area contributed by atoms with Gasteiger partial charge in [-0.2, -0.15) is 0 Å². The smallest absolute Gasteiger partial charge is 0.462 e. The van der Waals surface area contributed by atoms with Crippen LogP contribution in [0, 0.1) is 5.92 Å². The lowest BCUT2D eigenvalue weighted by Crippen LogP contribution is -2.30. The number of phosphoric ester groups is 2. The first kappa shape index (κ1) is 99.1. The molecule has 0 aromatic carbocycles. The highest BCUT2D eigenvalue weighted by atomic mass is 31.2. The normalized spacial score (nSPS) is 14.1. The summed E-state index contributed by atoms with van der Waals surface area (Å²) in [6.07, 6.45) is 66.7. The molecule has 0 aliphatic carbocycles. The first-order valence-electron chi connectivity index (χ1n) is 42.7. The molecule has 600 valence electrons. The van der Waals surface area contributed by atoms with Gasteiger partial charge in [-0.1, -0.05) is 388 Å².